The van der Waals surface area contributed by atoms with Crippen molar-refractivity contribution >= 4 is 17.2 Å². The van der Waals surface area contributed by atoms with Gasteiger partial charge in [0.05, 0.1) is 12.1 Å². The summed E-state index contributed by atoms with van der Waals surface area (Å²) in [5, 5.41) is 3.36. The van der Waals surface area contributed by atoms with E-state index in [9.17, 15) is 4.79 Å². The van der Waals surface area contributed by atoms with Gasteiger partial charge in [0.15, 0.2) is 0 Å². The second kappa shape index (κ2) is 5.63. The number of hydrogen-bond acceptors (Lipinski definition) is 3. The Morgan fingerprint density at radius 2 is 2.05 bits per heavy atom. The zero-order valence-corrected chi connectivity index (χ0v) is 13.3. The van der Waals surface area contributed by atoms with E-state index >= 15 is 0 Å². The molecular formula is C15H24N2OS. The first-order chi connectivity index (χ1) is 8.90. The molecule has 1 N–H and O–H groups in total. The van der Waals surface area contributed by atoms with Gasteiger partial charge in [-0.2, -0.15) is 0 Å². The monoisotopic (exact) mass is 280 g/mol. The Balaban J connectivity index is 2.11. The van der Waals surface area contributed by atoms with Crippen molar-refractivity contribution in [1.82, 2.24) is 10.2 Å². The van der Waals surface area contributed by atoms with Crippen LogP contribution in [0.5, 0.6) is 0 Å². The van der Waals surface area contributed by atoms with E-state index in [1.807, 2.05) is 16.2 Å². The molecule has 106 valence electrons. The lowest BCUT2D eigenvalue weighted by molar-refractivity contribution is -0.131. The largest absolute Gasteiger partial charge is 0.334 e. The van der Waals surface area contributed by atoms with Gasteiger partial charge in [0, 0.05) is 22.3 Å². The number of thiophene rings is 1. The first kappa shape index (κ1) is 14.5. The van der Waals surface area contributed by atoms with E-state index in [0.717, 1.165) is 13.0 Å². The predicted molar refractivity (Wildman–Crippen MR) is 80.6 cm³/mol. The summed E-state index contributed by atoms with van der Waals surface area (Å²) in [6, 6.07) is 2.77. The summed E-state index contributed by atoms with van der Waals surface area (Å²) in [6.45, 7) is 11.5. The Kier molecular flexibility index (Phi) is 4.31. The first-order valence-corrected chi connectivity index (χ1v) is 7.85. The van der Waals surface area contributed by atoms with E-state index < -0.39 is 0 Å². The van der Waals surface area contributed by atoms with Crippen molar-refractivity contribution in [2.24, 2.45) is 0 Å². The maximum atomic E-state index is 12.4. The fourth-order valence-corrected chi connectivity index (χ4v) is 3.89. The molecule has 19 heavy (non-hydrogen) atoms. The standard InChI is InChI=1S/C15H24N2OS/c1-9(2)16-14-6-7-17(15(14)18)11(4)13-8-10(3)19-12(13)5/h8-9,11,14,16H,6-7H2,1-5H3. The van der Waals surface area contributed by atoms with Crippen LogP contribution in [0, 0.1) is 13.8 Å². The van der Waals surface area contributed by atoms with E-state index in [2.05, 4.69) is 46.0 Å². The van der Waals surface area contributed by atoms with Crippen LogP contribution in [0.3, 0.4) is 0 Å². The van der Waals surface area contributed by atoms with Crippen LogP contribution in [0.25, 0.3) is 0 Å². The molecule has 1 saturated heterocycles. The van der Waals surface area contributed by atoms with Crippen molar-refractivity contribution in [1.29, 1.82) is 0 Å². The van der Waals surface area contributed by atoms with Crippen molar-refractivity contribution < 1.29 is 4.79 Å². The average molecular weight is 280 g/mol. The molecule has 0 spiro atoms. The number of carbonyl (C=O) groups excluding carboxylic acids is 1. The molecule has 1 aliphatic rings. The summed E-state index contributed by atoms with van der Waals surface area (Å²) in [6.07, 6.45) is 0.920. The van der Waals surface area contributed by atoms with Crippen LogP contribution in [0.15, 0.2) is 6.07 Å². The van der Waals surface area contributed by atoms with Crippen LogP contribution in [0.2, 0.25) is 0 Å². The van der Waals surface area contributed by atoms with Crippen LogP contribution in [0.4, 0.5) is 0 Å². The average Bonchev–Trinajstić information content (AvgIpc) is 2.82. The normalized spacial score (nSPS) is 21.5. The number of rotatable bonds is 4. The second-order valence-electron chi connectivity index (χ2n) is 5.74. The third kappa shape index (κ3) is 3.00. The molecule has 3 nitrogen and oxygen atoms in total. The van der Waals surface area contributed by atoms with Crippen LogP contribution < -0.4 is 5.32 Å². The highest BCUT2D eigenvalue weighted by molar-refractivity contribution is 7.12. The van der Waals surface area contributed by atoms with Gasteiger partial charge in [-0.1, -0.05) is 13.8 Å². The van der Waals surface area contributed by atoms with E-state index in [1.54, 1.807) is 0 Å². The number of amides is 1. The summed E-state index contributed by atoms with van der Waals surface area (Å²) in [5.74, 6) is 0.254. The minimum atomic E-state index is 0.00230. The number of carbonyl (C=O) groups is 1. The molecule has 1 amide bonds. The van der Waals surface area contributed by atoms with Crippen LogP contribution >= 0.6 is 11.3 Å². The lowest BCUT2D eigenvalue weighted by Crippen LogP contribution is -2.42. The van der Waals surface area contributed by atoms with E-state index in [0.29, 0.717) is 6.04 Å². The number of aryl methyl sites for hydroxylation is 2. The molecule has 4 heteroatoms. The summed E-state index contributed by atoms with van der Waals surface area (Å²) < 4.78 is 0. The van der Waals surface area contributed by atoms with Gasteiger partial charge in [0.25, 0.3) is 0 Å². The molecule has 0 saturated carbocycles. The topological polar surface area (TPSA) is 32.3 Å². The molecule has 2 unspecified atom stereocenters. The molecule has 2 heterocycles. The zero-order valence-electron chi connectivity index (χ0n) is 12.5. The highest BCUT2D eigenvalue weighted by atomic mass is 32.1. The molecule has 1 fully saturated rings. The van der Waals surface area contributed by atoms with Crippen LogP contribution in [-0.4, -0.2) is 29.4 Å². The van der Waals surface area contributed by atoms with Crippen molar-refractivity contribution in [3.63, 3.8) is 0 Å². The minimum absolute atomic E-state index is 0.00230. The van der Waals surface area contributed by atoms with Crippen molar-refractivity contribution in [3.05, 3.63) is 21.4 Å². The second-order valence-corrected chi connectivity index (χ2v) is 7.20. The Morgan fingerprint density at radius 1 is 1.37 bits per heavy atom. The maximum Gasteiger partial charge on any atom is 0.240 e. The SMILES string of the molecule is Cc1cc(C(C)N2CCC(NC(C)C)C2=O)c(C)s1. The van der Waals surface area contributed by atoms with Crippen LogP contribution in [0.1, 0.15) is 48.6 Å². The summed E-state index contributed by atoms with van der Waals surface area (Å²) in [4.78, 5) is 17.1. The fraction of sp³-hybridized carbons (Fsp3) is 0.667. The Morgan fingerprint density at radius 3 is 2.58 bits per heavy atom. The van der Waals surface area contributed by atoms with Crippen molar-refractivity contribution in [3.8, 4) is 0 Å². The Labute approximate surface area is 120 Å². The van der Waals surface area contributed by atoms with Gasteiger partial charge in [-0.15, -0.1) is 11.3 Å². The zero-order chi connectivity index (χ0) is 14.2. The number of nitrogens with zero attached hydrogens (tertiary/aromatic N) is 1. The predicted octanol–water partition coefficient (Wildman–Crippen LogP) is 3.02. The number of hydrogen-bond donors (Lipinski definition) is 1. The van der Waals surface area contributed by atoms with Crippen molar-refractivity contribution in [2.45, 2.75) is 59.2 Å². The van der Waals surface area contributed by atoms with Crippen molar-refractivity contribution in [2.75, 3.05) is 6.54 Å². The highest BCUT2D eigenvalue weighted by Gasteiger charge is 2.35. The fourth-order valence-electron chi connectivity index (χ4n) is 2.88. The van der Waals surface area contributed by atoms with E-state index in [-0.39, 0.29) is 18.0 Å². The van der Waals surface area contributed by atoms with Gasteiger partial charge in [-0.3, -0.25) is 4.79 Å². The van der Waals surface area contributed by atoms with Gasteiger partial charge in [0.2, 0.25) is 5.91 Å². The summed E-state index contributed by atoms with van der Waals surface area (Å²) in [7, 11) is 0. The van der Waals surface area contributed by atoms with Crippen LogP contribution in [-0.2, 0) is 4.79 Å². The lowest BCUT2D eigenvalue weighted by atomic mass is 10.1. The summed E-state index contributed by atoms with van der Waals surface area (Å²) in [5.41, 5.74) is 1.31. The van der Waals surface area contributed by atoms with Gasteiger partial charge < -0.3 is 10.2 Å². The molecule has 1 aliphatic heterocycles. The van der Waals surface area contributed by atoms with Gasteiger partial charge >= 0.3 is 0 Å². The molecule has 0 radical (unpaired) electrons. The third-order valence-corrected chi connectivity index (χ3v) is 4.75. The van der Waals surface area contributed by atoms with Gasteiger partial charge in [-0.25, -0.2) is 0 Å². The van der Waals surface area contributed by atoms with Gasteiger partial charge in [0.1, 0.15) is 0 Å². The first-order valence-electron chi connectivity index (χ1n) is 7.03. The molecule has 0 aliphatic carbocycles. The Bertz CT molecular complexity index is 467. The van der Waals surface area contributed by atoms with Gasteiger partial charge in [-0.05, 0) is 38.8 Å². The van der Waals surface area contributed by atoms with E-state index in [1.165, 1.54) is 15.3 Å². The molecule has 0 aromatic carbocycles. The summed E-state index contributed by atoms with van der Waals surface area (Å²) >= 11 is 1.82. The lowest BCUT2D eigenvalue weighted by Gasteiger charge is -2.25. The third-order valence-electron chi connectivity index (χ3n) is 3.77. The molecule has 1 aromatic rings. The van der Waals surface area contributed by atoms with E-state index in [4.69, 9.17) is 0 Å². The quantitative estimate of drug-likeness (QED) is 0.919. The molecule has 1 aromatic heterocycles. The molecular weight excluding hydrogens is 256 g/mol. The maximum absolute atomic E-state index is 12.4. The highest BCUT2D eigenvalue weighted by Crippen LogP contribution is 2.32. The smallest absolute Gasteiger partial charge is 0.240 e. The molecule has 2 atom stereocenters. The Hall–Kier alpha value is -0.870. The molecule has 2 rings (SSSR count). The number of likely N-dealkylation sites (tertiary alicyclic amines) is 1. The molecule has 0 bridgehead atoms. The minimum Gasteiger partial charge on any atom is -0.334 e. The number of nitrogens with one attached hydrogen (secondary N) is 1.